The van der Waals surface area contributed by atoms with Gasteiger partial charge in [0, 0.05) is 32.5 Å². The first kappa shape index (κ1) is 10.9. The molecule has 2 nitrogen and oxygen atoms in total. The molecule has 0 spiro atoms. The zero-order valence-electron chi connectivity index (χ0n) is 7.98. The predicted molar refractivity (Wildman–Crippen MR) is 47.1 cm³/mol. The van der Waals surface area contributed by atoms with Crippen molar-refractivity contribution in [2.75, 3.05) is 20.3 Å². The Hall–Kier alpha value is -0.220. The lowest BCUT2D eigenvalue weighted by molar-refractivity contribution is -0.0406. The molecule has 1 saturated carbocycles. The molecule has 0 radical (unpaired) electrons. The van der Waals surface area contributed by atoms with E-state index in [4.69, 9.17) is 4.74 Å². The third-order valence-corrected chi connectivity index (χ3v) is 2.46. The third kappa shape index (κ3) is 4.00. The topological polar surface area (TPSA) is 21.3 Å². The van der Waals surface area contributed by atoms with Crippen molar-refractivity contribution in [1.29, 1.82) is 0 Å². The molecule has 1 fully saturated rings. The summed E-state index contributed by atoms with van der Waals surface area (Å²) in [6, 6.07) is 0.259. The summed E-state index contributed by atoms with van der Waals surface area (Å²) in [5.41, 5.74) is 0. The van der Waals surface area contributed by atoms with Gasteiger partial charge in [-0.2, -0.15) is 0 Å². The fraction of sp³-hybridized carbons (Fsp3) is 1.00. The molecule has 0 heterocycles. The summed E-state index contributed by atoms with van der Waals surface area (Å²) < 4.78 is 30.3. The standard InChI is InChI=1S/C9H17F2NO/c1-13-7-6-12-8-2-4-9(10,11)5-3-8/h8,12H,2-7H2,1H3. The van der Waals surface area contributed by atoms with Crippen molar-refractivity contribution in [3.8, 4) is 0 Å². The van der Waals surface area contributed by atoms with Gasteiger partial charge in [-0.25, -0.2) is 8.78 Å². The van der Waals surface area contributed by atoms with Crippen LogP contribution in [0.3, 0.4) is 0 Å². The number of hydrogen-bond donors (Lipinski definition) is 1. The minimum atomic E-state index is -2.42. The van der Waals surface area contributed by atoms with Crippen LogP contribution >= 0.6 is 0 Å². The number of alkyl halides is 2. The van der Waals surface area contributed by atoms with Gasteiger partial charge in [-0.05, 0) is 12.8 Å². The molecule has 13 heavy (non-hydrogen) atoms. The second kappa shape index (κ2) is 4.86. The van der Waals surface area contributed by atoms with Crippen LogP contribution in [0.1, 0.15) is 25.7 Å². The van der Waals surface area contributed by atoms with Gasteiger partial charge in [0.25, 0.3) is 0 Å². The normalized spacial score (nSPS) is 23.3. The van der Waals surface area contributed by atoms with E-state index in [1.165, 1.54) is 0 Å². The lowest BCUT2D eigenvalue weighted by Gasteiger charge is -2.28. The van der Waals surface area contributed by atoms with Gasteiger partial charge < -0.3 is 10.1 Å². The Morgan fingerprint density at radius 3 is 2.54 bits per heavy atom. The quantitative estimate of drug-likeness (QED) is 0.687. The summed E-state index contributed by atoms with van der Waals surface area (Å²) in [5.74, 6) is -2.42. The number of rotatable bonds is 4. The largest absolute Gasteiger partial charge is 0.383 e. The van der Waals surface area contributed by atoms with Gasteiger partial charge in [-0.15, -0.1) is 0 Å². The van der Waals surface area contributed by atoms with Gasteiger partial charge in [0.1, 0.15) is 0 Å². The van der Waals surface area contributed by atoms with E-state index < -0.39 is 5.92 Å². The van der Waals surface area contributed by atoms with E-state index in [2.05, 4.69) is 5.32 Å². The second-order valence-electron chi connectivity index (χ2n) is 3.58. The van der Waals surface area contributed by atoms with Crippen LogP contribution < -0.4 is 5.32 Å². The zero-order valence-corrected chi connectivity index (χ0v) is 7.98. The summed E-state index contributed by atoms with van der Waals surface area (Å²) in [7, 11) is 1.64. The van der Waals surface area contributed by atoms with E-state index in [1.54, 1.807) is 7.11 Å². The maximum atomic E-state index is 12.7. The van der Waals surface area contributed by atoms with Gasteiger partial charge in [-0.3, -0.25) is 0 Å². The van der Waals surface area contributed by atoms with Crippen molar-refractivity contribution < 1.29 is 13.5 Å². The van der Waals surface area contributed by atoms with Crippen LogP contribution in [-0.4, -0.2) is 32.2 Å². The first-order chi connectivity index (χ1) is 6.14. The predicted octanol–water partition coefficient (Wildman–Crippen LogP) is 1.80. The fourth-order valence-electron chi connectivity index (χ4n) is 1.61. The van der Waals surface area contributed by atoms with Gasteiger partial charge >= 0.3 is 0 Å². The van der Waals surface area contributed by atoms with Crippen LogP contribution in [0, 0.1) is 0 Å². The van der Waals surface area contributed by atoms with Crippen molar-refractivity contribution in [2.24, 2.45) is 0 Å². The van der Waals surface area contributed by atoms with Crippen LogP contribution in [0.5, 0.6) is 0 Å². The first-order valence-corrected chi connectivity index (χ1v) is 4.74. The smallest absolute Gasteiger partial charge is 0.248 e. The first-order valence-electron chi connectivity index (χ1n) is 4.74. The van der Waals surface area contributed by atoms with Crippen LogP contribution in [0.25, 0.3) is 0 Å². The Bertz CT molecular complexity index is 143. The summed E-state index contributed by atoms with van der Waals surface area (Å²) in [6.07, 6.45) is 1.21. The Kier molecular flexibility index (Phi) is 4.06. The number of nitrogens with one attached hydrogen (secondary N) is 1. The summed E-state index contributed by atoms with van der Waals surface area (Å²) >= 11 is 0. The van der Waals surface area contributed by atoms with Crippen molar-refractivity contribution in [1.82, 2.24) is 5.32 Å². The van der Waals surface area contributed by atoms with E-state index in [-0.39, 0.29) is 18.9 Å². The molecule has 0 bridgehead atoms. The van der Waals surface area contributed by atoms with Crippen LogP contribution in [0.4, 0.5) is 8.78 Å². The van der Waals surface area contributed by atoms with E-state index in [0.717, 1.165) is 6.54 Å². The Balaban J connectivity index is 2.11. The molecule has 0 aromatic rings. The molecule has 0 amide bonds. The zero-order chi connectivity index (χ0) is 9.73. The highest BCUT2D eigenvalue weighted by Gasteiger charge is 2.34. The summed E-state index contributed by atoms with van der Waals surface area (Å²) in [5, 5.41) is 3.20. The molecule has 0 aromatic carbocycles. The van der Waals surface area contributed by atoms with Crippen molar-refractivity contribution in [2.45, 2.75) is 37.6 Å². The molecule has 4 heteroatoms. The molecule has 1 rings (SSSR count). The van der Waals surface area contributed by atoms with E-state index >= 15 is 0 Å². The molecule has 78 valence electrons. The highest BCUT2D eigenvalue weighted by molar-refractivity contribution is 4.81. The van der Waals surface area contributed by atoms with Crippen molar-refractivity contribution in [3.63, 3.8) is 0 Å². The lowest BCUT2D eigenvalue weighted by Crippen LogP contribution is -2.38. The fourth-order valence-corrected chi connectivity index (χ4v) is 1.61. The van der Waals surface area contributed by atoms with Gasteiger partial charge in [0.2, 0.25) is 5.92 Å². The summed E-state index contributed by atoms with van der Waals surface area (Å²) in [4.78, 5) is 0. The monoisotopic (exact) mass is 193 g/mol. The minimum Gasteiger partial charge on any atom is -0.383 e. The molecule has 1 aliphatic rings. The Morgan fingerprint density at radius 2 is 2.00 bits per heavy atom. The number of methoxy groups -OCH3 is 1. The molecule has 1 aliphatic carbocycles. The molecular weight excluding hydrogens is 176 g/mol. The average molecular weight is 193 g/mol. The maximum absolute atomic E-state index is 12.7. The average Bonchev–Trinajstić information content (AvgIpc) is 2.08. The second-order valence-corrected chi connectivity index (χ2v) is 3.58. The minimum absolute atomic E-state index is 0.0254. The van der Waals surface area contributed by atoms with Gasteiger partial charge in [0.05, 0.1) is 6.61 Å². The van der Waals surface area contributed by atoms with E-state index in [9.17, 15) is 8.78 Å². The van der Waals surface area contributed by atoms with Crippen molar-refractivity contribution in [3.05, 3.63) is 0 Å². The molecule has 0 unspecified atom stereocenters. The van der Waals surface area contributed by atoms with Crippen LogP contribution in [0.2, 0.25) is 0 Å². The summed E-state index contributed by atoms with van der Waals surface area (Å²) in [6.45, 7) is 1.40. The number of ether oxygens (including phenoxy) is 1. The molecule has 0 aromatic heterocycles. The Labute approximate surface area is 77.6 Å². The molecule has 1 N–H and O–H groups in total. The molecule has 0 atom stereocenters. The SMILES string of the molecule is COCCNC1CCC(F)(F)CC1. The van der Waals surface area contributed by atoms with E-state index in [0.29, 0.717) is 19.4 Å². The maximum Gasteiger partial charge on any atom is 0.248 e. The van der Waals surface area contributed by atoms with Crippen LogP contribution in [-0.2, 0) is 4.74 Å². The molecule has 0 aliphatic heterocycles. The molecule has 0 saturated heterocycles. The number of hydrogen-bond acceptors (Lipinski definition) is 2. The molecular formula is C9H17F2NO. The highest BCUT2D eigenvalue weighted by Crippen LogP contribution is 2.32. The van der Waals surface area contributed by atoms with Gasteiger partial charge in [0.15, 0.2) is 0 Å². The number of halogens is 2. The third-order valence-electron chi connectivity index (χ3n) is 2.46. The van der Waals surface area contributed by atoms with E-state index in [1.807, 2.05) is 0 Å². The highest BCUT2D eigenvalue weighted by atomic mass is 19.3. The Morgan fingerprint density at radius 1 is 1.38 bits per heavy atom. The lowest BCUT2D eigenvalue weighted by atomic mass is 9.92. The van der Waals surface area contributed by atoms with Gasteiger partial charge in [-0.1, -0.05) is 0 Å². The van der Waals surface area contributed by atoms with Crippen LogP contribution in [0.15, 0.2) is 0 Å². The van der Waals surface area contributed by atoms with Crippen molar-refractivity contribution >= 4 is 0 Å².